The van der Waals surface area contributed by atoms with Crippen molar-refractivity contribution in [3.8, 4) is 11.3 Å². The van der Waals surface area contributed by atoms with Gasteiger partial charge in [0.1, 0.15) is 5.82 Å². The lowest BCUT2D eigenvalue weighted by molar-refractivity contribution is -0.119. The molecule has 8 heteroatoms. The Morgan fingerprint density at radius 3 is 2.54 bits per heavy atom. The molecule has 0 unspecified atom stereocenters. The Bertz CT molecular complexity index is 934. The van der Waals surface area contributed by atoms with Crippen molar-refractivity contribution in [1.82, 2.24) is 21.0 Å². The van der Waals surface area contributed by atoms with Gasteiger partial charge in [0.05, 0.1) is 22.3 Å². The second kappa shape index (κ2) is 6.07. The second-order valence-corrected chi connectivity index (χ2v) is 5.15. The summed E-state index contributed by atoms with van der Waals surface area (Å²) in [5.41, 5.74) is 6.48. The molecule has 0 saturated heterocycles. The third-order valence-corrected chi connectivity index (χ3v) is 3.35. The number of nitrogens with one attached hydrogen (secondary N) is 2. The highest BCUT2D eigenvalue weighted by atomic mass is 19.1. The third kappa shape index (κ3) is 2.94. The molecule has 122 valence electrons. The van der Waals surface area contributed by atoms with Gasteiger partial charge >= 0.3 is 0 Å². The number of halogens is 1. The fraction of sp³-hybridized carbons (Fsp3) is 0.125. The van der Waals surface area contributed by atoms with E-state index >= 15 is 0 Å². The predicted molar refractivity (Wildman–Crippen MR) is 83.2 cm³/mol. The first-order valence-corrected chi connectivity index (χ1v) is 7.05. The molecular weight excluding hydrogens is 315 g/mol. The van der Waals surface area contributed by atoms with E-state index in [1.54, 1.807) is 19.1 Å². The van der Waals surface area contributed by atoms with Gasteiger partial charge in [-0.3, -0.25) is 20.4 Å². The van der Waals surface area contributed by atoms with Gasteiger partial charge in [0.15, 0.2) is 0 Å². The largest absolute Gasteiger partial charge is 0.335 e. The molecule has 0 saturated carbocycles. The summed E-state index contributed by atoms with van der Waals surface area (Å²) < 4.78 is 18.2. The van der Waals surface area contributed by atoms with E-state index in [1.165, 1.54) is 25.1 Å². The van der Waals surface area contributed by atoms with Gasteiger partial charge in [0.25, 0.3) is 11.6 Å². The van der Waals surface area contributed by atoms with Crippen molar-refractivity contribution < 1.29 is 18.5 Å². The smallest absolute Gasteiger partial charge is 0.270 e. The number of aryl methyl sites for hydroxylation is 1. The average Bonchev–Trinajstić information content (AvgIpc) is 2.94. The molecule has 0 aliphatic carbocycles. The van der Waals surface area contributed by atoms with Gasteiger partial charge in [-0.05, 0) is 37.3 Å². The molecule has 2 aromatic heterocycles. The summed E-state index contributed by atoms with van der Waals surface area (Å²) >= 11 is 0. The predicted octanol–water partition coefficient (Wildman–Crippen LogP) is 2.12. The molecule has 2 heterocycles. The van der Waals surface area contributed by atoms with Gasteiger partial charge in [-0.15, -0.1) is 0 Å². The van der Waals surface area contributed by atoms with Crippen molar-refractivity contribution in [3.63, 3.8) is 0 Å². The first-order valence-electron chi connectivity index (χ1n) is 7.05. The lowest BCUT2D eigenvalue weighted by Gasteiger charge is -2.08. The Morgan fingerprint density at radius 1 is 1.17 bits per heavy atom. The fourth-order valence-corrected chi connectivity index (χ4v) is 2.25. The van der Waals surface area contributed by atoms with Crippen LogP contribution in [0.3, 0.4) is 0 Å². The van der Waals surface area contributed by atoms with E-state index in [4.69, 9.17) is 4.52 Å². The maximum Gasteiger partial charge on any atom is 0.270 e. The number of carbonyl (C=O) groups excluding carboxylic acids is 2. The van der Waals surface area contributed by atoms with Crippen LogP contribution in [0.15, 0.2) is 34.9 Å². The molecule has 0 aliphatic rings. The SMILES string of the molecule is CC(=O)NNC(=O)c1cc(-c2ccc(F)cc2)nc2onc(C)c12. The maximum atomic E-state index is 13.1. The van der Waals surface area contributed by atoms with Crippen LogP contribution in [0.2, 0.25) is 0 Å². The number of aromatic nitrogens is 2. The second-order valence-electron chi connectivity index (χ2n) is 5.15. The number of fused-ring (bicyclic) bond motifs is 1. The zero-order valence-electron chi connectivity index (χ0n) is 12.9. The fourth-order valence-electron chi connectivity index (χ4n) is 2.25. The summed E-state index contributed by atoms with van der Waals surface area (Å²) in [5.74, 6) is -1.32. The normalized spacial score (nSPS) is 10.6. The molecule has 3 aromatic rings. The number of rotatable bonds is 2. The molecule has 0 aliphatic heterocycles. The summed E-state index contributed by atoms with van der Waals surface area (Å²) in [6.07, 6.45) is 0. The number of nitrogens with zero attached hydrogens (tertiary/aromatic N) is 2. The summed E-state index contributed by atoms with van der Waals surface area (Å²) in [6.45, 7) is 2.96. The number of benzene rings is 1. The molecule has 0 fully saturated rings. The Morgan fingerprint density at radius 2 is 1.88 bits per heavy atom. The molecule has 2 N–H and O–H groups in total. The van der Waals surface area contributed by atoms with Crippen molar-refractivity contribution in [2.24, 2.45) is 0 Å². The first kappa shape index (κ1) is 15.6. The third-order valence-electron chi connectivity index (χ3n) is 3.35. The Balaban J connectivity index is 2.11. The van der Waals surface area contributed by atoms with E-state index in [-0.39, 0.29) is 17.1 Å². The van der Waals surface area contributed by atoms with Crippen LogP contribution in [-0.2, 0) is 4.79 Å². The quantitative estimate of drug-likeness (QED) is 0.702. The minimum atomic E-state index is -0.535. The Kier molecular flexibility index (Phi) is 3.95. The maximum absolute atomic E-state index is 13.1. The topological polar surface area (TPSA) is 97.1 Å². The Labute approximate surface area is 135 Å². The van der Waals surface area contributed by atoms with E-state index < -0.39 is 11.8 Å². The van der Waals surface area contributed by atoms with Crippen LogP contribution >= 0.6 is 0 Å². The number of hydrogen-bond acceptors (Lipinski definition) is 5. The molecule has 0 atom stereocenters. The van der Waals surface area contributed by atoms with E-state index in [0.717, 1.165) is 0 Å². The van der Waals surface area contributed by atoms with E-state index in [9.17, 15) is 14.0 Å². The number of pyridine rings is 1. The van der Waals surface area contributed by atoms with E-state index in [1.807, 2.05) is 0 Å². The number of amides is 2. The number of carbonyl (C=O) groups is 2. The highest BCUT2D eigenvalue weighted by Gasteiger charge is 2.19. The number of hydrogen-bond donors (Lipinski definition) is 2. The van der Waals surface area contributed by atoms with Crippen molar-refractivity contribution in [2.75, 3.05) is 0 Å². The summed E-state index contributed by atoms with van der Waals surface area (Å²) in [6, 6.07) is 7.22. The van der Waals surface area contributed by atoms with Crippen molar-refractivity contribution in [3.05, 3.63) is 47.4 Å². The minimum Gasteiger partial charge on any atom is -0.335 e. The van der Waals surface area contributed by atoms with Crippen LogP contribution < -0.4 is 10.9 Å². The average molecular weight is 328 g/mol. The minimum absolute atomic E-state index is 0.183. The highest BCUT2D eigenvalue weighted by molar-refractivity contribution is 6.07. The van der Waals surface area contributed by atoms with E-state index in [0.29, 0.717) is 22.3 Å². The van der Waals surface area contributed by atoms with Crippen LogP contribution in [0, 0.1) is 12.7 Å². The summed E-state index contributed by atoms with van der Waals surface area (Å²) in [5, 5.41) is 4.27. The van der Waals surface area contributed by atoms with Gasteiger partial charge in [-0.25, -0.2) is 9.37 Å². The molecule has 0 bridgehead atoms. The van der Waals surface area contributed by atoms with Gasteiger partial charge in [0.2, 0.25) is 5.91 Å². The standard InChI is InChI=1S/C16H13FN4O3/c1-8-14-12(15(23)20-19-9(2)22)7-13(18-16(14)24-21-8)10-3-5-11(17)6-4-10/h3-7H,1-2H3,(H,19,22)(H,20,23). The summed E-state index contributed by atoms with van der Waals surface area (Å²) in [7, 11) is 0. The van der Waals surface area contributed by atoms with Crippen LogP contribution in [0.4, 0.5) is 4.39 Å². The highest BCUT2D eigenvalue weighted by Crippen LogP contribution is 2.27. The van der Waals surface area contributed by atoms with Crippen LogP contribution in [-0.4, -0.2) is 22.0 Å². The molecular formula is C16H13FN4O3. The molecule has 2 amide bonds. The van der Waals surface area contributed by atoms with Gasteiger partial charge < -0.3 is 4.52 Å². The van der Waals surface area contributed by atoms with Crippen molar-refractivity contribution >= 4 is 22.9 Å². The van der Waals surface area contributed by atoms with Crippen molar-refractivity contribution in [1.29, 1.82) is 0 Å². The molecule has 0 spiro atoms. The van der Waals surface area contributed by atoms with Gasteiger partial charge in [0, 0.05) is 12.5 Å². The van der Waals surface area contributed by atoms with Crippen molar-refractivity contribution in [2.45, 2.75) is 13.8 Å². The molecule has 1 aromatic carbocycles. The zero-order valence-corrected chi connectivity index (χ0v) is 12.9. The van der Waals surface area contributed by atoms with Gasteiger partial charge in [-0.1, -0.05) is 5.16 Å². The lowest BCUT2D eigenvalue weighted by Crippen LogP contribution is -2.40. The summed E-state index contributed by atoms with van der Waals surface area (Å²) in [4.78, 5) is 27.7. The number of hydrazine groups is 1. The first-order chi connectivity index (χ1) is 11.5. The monoisotopic (exact) mass is 328 g/mol. The van der Waals surface area contributed by atoms with Crippen LogP contribution in [0.5, 0.6) is 0 Å². The lowest BCUT2D eigenvalue weighted by atomic mass is 10.1. The zero-order chi connectivity index (χ0) is 17.3. The molecule has 24 heavy (non-hydrogen) atoms. The molecule has 3 rings (SSSR count). The van der Waals surface area contributed by atoms with Crippen LogP contribution in [0.1, 0.15) is 23.0 Å². The molecule has 7 nitrogen and oxygen atoms in total. The van der Waals surface area contributed by atoms with Gasteiger partial charge in [-0.2, -0.15) is 0 Å². The molecule has 0 radical (unpaired) electrons. The van der Waals surface area contributed by atoms with E-state index in [2.05, 4.69) is 21.0 Å². The Hall–Kier alpha value is -3.29. The van der Waals surface area contributed by atoms with Crippen LogP contribution in [0.25, 0.3) is 22.4 Å².